The zero-order chi connectivity index (χ0) is 24.7. The SMILES string of the molecule is CCCCCCCCOC(=O)C(CCCCCC)=C(C(=O)OCCCCCCCC)C(C)C. The molecule has 0 radical (unpaired) electrons. The van der Waals surface area contributed by atoms with E-state index in [0.717, 1.165) is 51.4 Å². The van der Waals surface area contributed by atoms with Crippen LogP contribution in [0, 0.1) is 5.92 Å². The van der Waals surface area contributed by atoms with Gasteiger partial charge in [-0.3, -0.25) is 0 Å². The number of carbonyl (C=O) groups excluding carboxylic acids is 2. The summed E-state index contributed by atoms with van der Waals surface area (Å²) in [6, 6.07) is 0. The first-order valence-corrected chi connectivity index (χ1v) is 14.1. The van der Waals surface area contributed by atoms with E-state index in [-0.39, 0.29) is 17.9 Å². The minimum absolute atomic E-state index is 0.0650. The third-order valence-electron chi connectivity index (χ3n) is 6.11. The number of hydrogen-bond donors (Lipinski definition) is 0. The Morgan fingerprint density at radius 2 is 0.939 bits per heavy atom. The Balaban J connectivity index is 4.94. The highest BCUT2D eigenvalue weighted by atomic mass is 16.5. The molecule has 0 atom stereocenters. The van der Waals surface area contributed by atoms with Crippen molar-refractivity contribution >= 4 is 11.9 Å². The fraction of sp³-hybridized carbons (Fsp3) is 0.862. The van der Waals surface area contributed by atoms with Crippen LogP contribution in [0.15, 0.2) is 11.1 Å². The maximum Gasteiger partial charge on any atom is 0.334 e. The quantitative estimate of drug-likeness (QED) is 0.0909. The molecule has 4 nitrogen and oxygen atoms in total. The van der Waals surface area contributed by atoms with E-state index in [0.29, 0.717) is 30.8 Å². The number of ether oxygens (including phenoxy) is 2. The van der Waals surface area contributed by atoms with Crippen molar-refractivity contribution in [3.8, 4) is 0 Å². The molecule has 0 aromatic carbocycles. The van der Waals surface area contributed by atoms with Crippen LogP contribution in [0.2, 0.25) is 0 Å². The van der Waals surface area contributed by atoms with Gasteiger partial charge in [-0.1, -0.05) is 118 Å². The molecule has 0 amide bonds. The minimum Gasteiger partial charge on any atom is -0.462 e. The van der Waals surface area contributed by atoms with Crippen LogP contribution in [0.1, 0.15) is 144 Å². The smallest absolute Gasteiger partial charge is 0.334 e. The van der Waals surface area contributed by atoms with Crippen molar-refractivity contribution in [3.63, 3.8) is 0 Å². The predicted molar refractivity (Wildman–Crippen MR) is 139 cm³/mol. The van der Waals surface area contributed by atoms with Gasteiger partial charge in [-0.15, -0.1) is 0 Å². The van der Waals surface area contributed by atoms with Crippen LogP contribution >= 0.6 is 0 Å². The van der Waals surface area contributed by atoms with Gasteiger partial charge >= 0.3 is 11.9 Å². The number of hydrogen-bond acceptors (Lipinski definition) is 4. The van der Waals surface area contributed by atoms with E-state index in [9.17, 15) is 9.59 Å². The average Bonchev–Trinajstić information content (AvgIpc) is 2.79. The third kappa shape index (κ3) is 16.9. The highest BCUT2D eigenvalue weighted by Crippen LogP contribution is 2.24. The largest absolute Gasteiger partial charge is 0.462 e. The zero-order valence-electron chi connectivity index (χ0n) is 22.6. The molecule has 0 saturated carbocycles. The molecule has 0 saturated heterocycles. The summed E-state index contributed by atoms with van der Waals surface area (Å²) in [6.07, 6.45) is 18.6. The van der Waals surface area contributed by atoms with Crippen LogP contribution in [-0.2, 0) is 19.1 Å². The summed E-state index contributed by atoms with van der Waals surface area (Å²) in [5.74, 6) is -0.717. The summed E-state index contributed by atoms with van der Waals surface area (Å²) in [6.45, 7) is 11.4. The predicted octanol–water partition coefficient (Wildman–Crippen LogP) is 8.72. The highest BCUT2D eigenvalue weighted by Gasteiger charge is 2.25. The van der Waals surface area contributed by atoms with Crippen molar-refractivity contribution < 1.29 is 19.1 Å². The van der Waals surface area contributed by atoms with Gasteiger partial charge in [0.25, 0.3) is 0 Å². The van der Waals surface area contributed by atoms with Crippen LogP contribution in [0.4, 0.5) is 0 Å². The normalized spacial score (nSPS) is 12.1. The van der Waals surface area contributed by atoms with Gasteiger partial charge < -0.3 is 9.47 Å². The summed E-state index contributed by atoms with van der Waals surface area (Å²) in [5, 5.41) is 0. The van der Waals surface area contributed by atoms with Crippen LogP contribution < -0.4 is 0 Å². The van der Waals surface area contributed by atoms with Crippen LogP contribution in [0.3, 0.4) is 0 Å². The molecule has 0 aromatic heterocycles. The molecule has 0 aliphatic rings. The number of rotatable bonds is 22. The van der Waals surface area contributed by atoms with Crippen molar-refractivity contribution in [2.24, 2.45) is 5.92 Å². The fourth-order valence-corrected chi connectivity index (χ4v) is 4.04. The lowest BCUT2D eigenvalue weighted by molar-refractivity contribution is -0.143. The van der Waals surface area contributed by atoms with Gasteiger partial charge in [-0.2, -0.15) is 0 Å². The zero-order valence-corrected chi connectivity index (χ0v) is 22.6. The third-order valence-corrected chi connectivity index (χ3v) is 6.11. The van der Waals surface area contributed by atoms with Crippen molar-refractivity contribution in [2.45, 2.75) is 144 Å². The van der Waals surface area contributed by atoms with Crippen LogP contribution in [-0.4, -0.2) is 25.2 Å². The van der Waals surface area contributed by atoms with E-state index in [2.05, 4.69) is 20.8 Å². The second kappa shape index (κ2) is 22.5. The Labute approximate surface area is 205 Å². The van der Waals surface area contributed by atoms with Crippen molar-refractivity contribution in [3.05, 3.63) is 11.1 Å². The van der Waals surface area contributed by atoms with Gasteiger partial charge in [0.2, 0.25) is 0 Å². The molecule has 194 valence electrons. The molecule has 0 aromatic rings. The van der Waals surface area contributed by atoms with Crippen LogP contribution in [0.25, 0.3) is 0 Å². The van der Waals surface area contributed by atoms with Gasteiger partial charge in [-0.05, 0) is 31.6 Å². The molecule has 0 unspecified atom stereocenters. The first kappa shape index (κ1) is 31.7. The lowest BCUT2D eigenvalue weighted by atomic mass is 9.93. The van der Waals surface area contributed by atoms with Crippen molar-refractivity contribution in [1.82, 2.24) is 0 Å². The van der Waals surface area contributed by atoms with Gasteiger partial charge in [0.1, 0.15) is 0 Å². The molecular formula is C29H54O4. The molecule has 4 heteroatoms. The van der Waals surface area contributed by atoms with Crippen molar-refractivity contribution in [2.75, 3.05) is 13.2 Å². The summed E-state index contributed by atoms with van der Waals surface area (Å²) in [7, 11) is 0. The van der Waals surface area contributed by atoms with Crippen molar-refractivity contribution in [1.29, 1.82) is 0 Å². The summed E-state index contributed by atoms with van der Waals surface area (Å²) in [4.78, 5) is 25.9. The van der Waals surface area contributed by atoms with E-state index < -0.39 is 0 Å². The Kier molecular flexibility index (Phi) is 21.6. The molecular weight excluding hydrogens is 412 g/mol. The van der Waals surface area contributed by atoms with E-state index in [1.54, 1.807) is 0 Å². The maximum absolute atomic E-state index is 13.0. The topological polar surface area (TPSA) is 52.6 Å². The molecule has 0 bridgehead atoms. The number of unbranched alkanes of at least 4 members (excludes halogenated alkanes) is 13. The molecule has 33 heavy (non-hydrogen) atoms. The standard InChI is InChI=1S/C29H54O4/c1-6-9-12-15-17-20-23-32-28(30)26(22-19-14-11-8-3)27(25(4)5)29(31)33-24-21-18-16-13-10-7-2/h25H,6-24H2,1-5H3. The van der Waals surface area contributed by atoms with E-state index in [1.807, 2.05) is 13.8 Å². The Hall–Kier alpha value is -1.32. The Morgan fingerprint density at radius 1 is 0.545 bits per heavy atom. The van der Waals surface area contributed by atoms with Gasteiger partial charge in [-0.25, -0.2) is 9.59 Å². The molecule has 0 rings (SSSR count). The number of esters is 2. The number of carbonyl (C=O) groups is 2. The van der Waals surface area contributed by atoms with E-state index >= 15 is 0 Å². The fourth-order valence-electron chi connectivity index (χ4n) is 4.04. The monoisotopic (exact) mass is 466 g/mol. The first-order chi connectivity index (χ1) is 16.0. The minimum atomic E-state index is -0.333. The highest BCUT2D eigenvalue weighted by molar-refractivity contribution is 6.00. The molecule has 0 fully saturated rings. The second-order valence-electron chi connectivity index (χ2n) is 9.66. The molecule has 0 heterocycles. The molecule has 0 N–H and O–H groups in total. The Bertz CT molecular complexity index is 522. The average molecular weight is 467 g/mol. The van der Waals surface area contributed by atoms with E-state index in [4.69, 9.17) is 9.47 Å². The summed E-state index contributed by atoms with van der Waals surface area (Å²) >= 11 is 0. The summed E-state index contributed by atoms with van der Waals surface area (Å²) in [5.41, 5.74) is 1.06. The first-order valence-electron chi connectivity index (χ1n) is 14.1. The van der Waals surface area contributed by atoms with Crippen LogP contribution in [0.5, 0.6) is 0 Å². The molecule has 0 spiro atoms. The van der Waals surface area contributed by atoms with Gasteiger partial charge in [0.05, 0.1) is 18.8 Å². The lowest BCUT2D eigenvalue weighted by Gasteiger charge is -2.17. The maximum atomic E-state index is 13.0. The van der Waals surface area contributed by atoms with E-state index in [1.165, 1.54) is 51.4 Å². The molecule has 0 aliphatic heterocycles. The van der Waals surface area contributed by atoms with Gasteiger partial charge in [0, 0.05) is 5.57 Å². The lowest BCUT2D eigenvalue weighted by Crippen LogP contribution is -2.21. The second-order valence-corrected chi connectivity index (χ2v) is 9.66. The van der Waals surface area contributed by atoms with Gasteiger partial charge in [0.15, 0.2) is 0 Å². The Morgan fingerprint density at radius 3 is 1.39 bits per heavy atom. The summed E-state index contributed by atoms with van der Waals surface area (Å²) < 4.78 is 11.2. The molecule has 0 aliphatic carbocycles.